The standard InChI is InChI=1S/C9H8ClN/c1-6-3-8(5-11)9(10)4-7(6)2/h3-4H,1-2H3. The SMILES string of the molecule is Cc1cc(Cl)c(C#N)cc1C. The molecule has 1 aromatic rings. The summed E-state index contributed by atoms with van der Waals surface area (Å²) in [7, 11) is 0. The van der Waals surface area contributed by atoms with Crippen LogP contribution in [0.25, 0.3) is 0 Å². The Morgan fingerprint density at radius 3 is 2.36 bits per heavy atom. The molecule has 0 unspecified atom stereocenters. The van der Waals surface area contributed by atoms with Crippen LogP contribution in [0.15, 0.2) is 12.1 Å². The van der Waals surface area contributed by atoms with Crippen molar-refractivity contribution < 1.29 is 0 Å². The van der Waals surface area contributed by atoms with Crippen LogP contribution in [0.4, 0.5) is 0 Å². The molecule has 0 heterocycles. The summed E-state index contributed by atoms with van der Waals surface area (Å²) in [6.07, 6.45) is 0. The van der Waals surface area contributed by atoms with Gasteiger partial charge in [-0.05, 0) is 37.1 Å². The maximum absolute atomic E-state index is 8.60. The van der Waals surface area contributed by atoms with Crippen LogP contribution in [0.5, 0.6) is 0 Å². The van der Waals surface area contributed by atoms with Gasteiger partial charge in [-0.25, -0.2) is 0 Å². The maximum Gasteiger partial charge on any atom is 0.101 e. The number of nitrogens with zero attached hydrogens (tertiary/aromatic N) is 1. The molecule has 0 bridgehead atoms. The summed E-state index contributed by atoms with van der Waals surface area (Å²) in [5.41, 5.74) is 2.77. The second-order valence-corrected chi connectivity index (χ2v) is 2.94. The van der Waals surface area contributed by atoms with E-state index in [9.17, 15) is 0 Å². The summed E-state index contributed by atoms with van der Waals surface area (Å²) < 4.78 is 0. The number of aryl methyl sites for hydroxylation is 2. The molecule has 11 heavy (non-hydrogen) atoms. The molecular weight excluding hydrogens is 158 g/mol. The van der Waals surface area contributed by atoms with Gasteiger partial charge in [0.25, 0.3) is 0 Å². The Kier molecular flexibility index (Phi) is 2.16. The predicted octanol–water partition coefficient (Wildman–Crippen LogP) is 2.83. The van der Waals surface area contributed by atoms with Gasteiger partial charge in [-0.15, -0.1) is 0 Å². The average Bonchev–Trinajstić information content (AvgIpc) is 1.97. The van der Waals surface area contributed by atoms with Crippen LogP contribution >= 0.6 is 11.6 Å². The molecular formula is C9H8ClN. The lowest BCUT2D eigenvalue weighted by Gasteiger charge is -2.00. The van der Waals surface area contributed by atoms with Gasteiger partial charge >= 0.3 is 0 Å². The minimum Gasteiger partial charge on any atom is -0.192 e. The van der Waals surface area contributed by atoms with Crippen molar-refractivity contribution in [1.82, 2.24) is 0 Å². The third kappa shape index (κ3) is 1.53. The molecule has 0 N–H and O–H groups in total. The van der Waals surface area contributed by atoms with Gasteiger partial charge in [-0.1, -0.05) is 11.6 Å². The number of nitriles is 1. The van der Waals surface area contributed by atoms with Crippen molar-refractivity contribution in [3.63, 3.8) is 0 Å². The Bertz CT molecular complexity index is 323. The van der Waals surface area contributed by atoms with Crippen molar-refractivity contribution in [3.05, 3.63) is 33.8 Å². The zero-order valence-corrected chi connectivity index (χ0v) is 7.24. The summed E-state index contributed by atoms with van der Waals surface area (Å²) in [5.74, 6) is 0. The van der Waals surface area contributed by atoms with Crippen LogP contribution in [0.3, 0.4) is 0 Å². The molecule has 1 aromatic carbocycles. The lowest BCUT2D eigenvalue weighted by atomic mass is 10.1. The number of halogens is 1. The van der Waals surface area contributed by atoms with E-state index in [1.54, 1.807) is 6.07 Å². The van der Waals surface area contributed by atoms with Gasteiger partial charge in [0.1, 0.15) is 6.07 Å². The van der Waals surface area contributed by atoms with Crippen molar-refractivity contribution >= 4 is 11.6 Å². The Balaban J connectivity index is 3.35. The van der Waals surface area contributed by atoms with E-state index in [2.05, 4.69) is 0 Å². The van der Waals surface area contributed by atoms with Crippen molar-refractivity contribution in [2.45, 2.75) is 13.8 Å². The second-order valence-electron chi connectivity index (χ2n) is 2.53. The first kappa shape index (κ1) is 8.10. The summed E-state index contributed by atoms with van der Waals surface area (Å²) in [6.45, 7) is 3.94. The number of benzene rings is 1. The van der Waals surface area contributed by atoms with E-state index < -0.39 is 0 Å². The number of rotatable bonds is 0. The van der Waals surface area contributed by atoms with E-state index >= 15 is 0 Å². The Morgan fingerprint density at radius 1 is 1.27 bits per heavy atom. The van der Waals surface area contributed by atoms with Gasteiger partial charge < -0.3 is 0 Å². The van der Waals surface area contributed by atoms with Gasteiger partial charge in [0.2, 0.25) is 0 Å². The topological polar surface area (TPSA) is 23.8 Å². The van der Waals surface area contributed by atoms with Crippen LogP contribution in [-0.4, -0.2) is 0 Å². The average molecular weight is 166 g/mol. The zero-order valence-electron chi connectivity index (χ0n) is 6.48. The van der Waals surface area contributed by atoms with Crippen molar-refractivity contribution in [3.8, 4) is 6.07 Å². The Labute approximate surface area is 71.2 Å². The lowest BCUT2D eigenvalue weighted by molar-refractivity contribution is 1.32. The van der Waals surface area contributed by atoms with E-state index in [1.807, 2.05) is 26.0 Å². The third-order valence-corrected chi connectivity index (χ3v) is 2.02. The van der Waals surface area contributed by atoms with E-state index in [0.29, 0.717) is 10.6 Å². The van der Waals surface area contributed by atoms with Gasteiger partial charge in [0.15, 0.2) is 0 Å². The zero-order chi connectivity index (χ0) is 8.43. The molecule has 0 radical (unpaired) electrons. The highest BCUT2D eigenvalue weighted by Crippen LogP contribution is 2.19. The second kappa shape index (κ2) is 2.94. The van der Waals surface area contributed by atoms with Crippen LogP contribution in [0.1, 0.15) is 16.7 Å². The summed E-state index contributed by atoms with van der Waals surface area (Å²) >= 11 is 5.78. The highest BCUT2D eigenvalue weighted by molar-refractivity contribution is 6.31. The van der Waals surface area contributed by atoms with Crippen molar-refractivity contribution in [2.75, 3.05) is 0 Å². The summed E-state index contributed by atoms with van der Waals surface area (Å²) in [5, 5.41) is 9.14. The normalized spacial score (nSPS) is 9.27. The molecule has 1 rings (SSSR count). The fraction of sp³-hybridized carbons (Fsp3) is 0.222. The van der Waals surface area contributed by atoms with Gasteiger partial charge in [-0.3, -0.25) is 0 Å². The Morgan fingerprint density at radius 2 is 1.82 bits per heavy atom. The number of hydrogen-bond donors (Lipinski definition) is 0. The molecule has 0 aliphatic heterocycles. The maximum atomic E-state index is 8.60. The van der Waals surface area contributed by atoms with Crippen molar-refractivity contribution in [2.24, 2.45) is 0 Å². The fourth-order valence-electron chi connectivity index (χ4n) is 0.867. The summed E-state index contributed by atoms with van der Waals surface area (Å²) in [6, 6.07) is 5.65. The predicted molar refractivity (Wildman–Crippen MR) is 45.6 cm³/mol. The number of hydrogen-bond acceptors (Lipinski definition) is 1. The minimum absolute atomic E-state index is 0.538. The molecule has 0 atom stereocenters. The van der Waals surface area contributed by atoms with E-state index in [0.717, 1.165) is 11.1 Å². The molecule has 0 aliphatic rings. The molecule has 0 spiro atoms. The largest absolute Gasteiger partial charge is 0.192 e. The molecule has 0 amide bonds. The van der Waals surface area contributed by atoms with Crippen molar-refractivity contribution in [1.29, 1.82) is 5.26 Å². The van der Waals surface area contributed by atoms with E-state index in [-0.39, 0.29) is 0 Å². The van der Waals surface area contributed by atoms with Crippen LogP contribution in [-0.2, 0) is 0 Å². The molecule has 0 fully saturated rings. The van der Waals surface area contributed by atoms with E-state index in [1.165, 1.54) is 0 Å². The molecule has 56 valence electrons. The van der Waals surface area contributed by atoms with Gasteiger partial charge in [-0.2, -0.15) is 5.26 Å². The highest BCUT2D eigenvalue weighted by Gasteiger charge is 2.00. The molecule has 0 saturated heterocycles. The monoisotopic (exact) mass is 165 g/mol. The quantitative estimate of drug-likeness (QED) is 0.580. The minimum atomic E-state index is 0.538. The third-order valence-electron chi connectivity index (χ3n) is 1.70. The van der Waals surface area contributed by atoms with Crippen LogP contribution in [0.2, 0.25) is 5.02 Å². The molecule has 0 saturated carbocycles. The first-order valence-corrected chi connectivity index (χ1v) is 3.70. The fourth-order valence-corrected chi connectivity index (χ4v) is 1.13. The van der Waals surface area contributed by atoms with Gasteiger partial charge in [0, 0.05) is 0 Å². The summed E-state index contributed by atoms with van der Waals surface area (Å²) in [4.78, 5) is 0. The molecule has 2 heteroatoms. The Hall–Kier alpha value is -1.00. The molecule has 0 aromatic heterocycles. The molecule has 0 aliphatic carbocycles. The first-order valence-electron chi connectivity index (χ1n) is 3.32. The first-order chi connectivity index (χ1) is 5.15. The molecule has 1 nitrogen and oxygen atoms in total. The smallest absolute Gasteiger partial charge is 0.101 e. The highest BCUT2D eigenvalue weighted by atomic mass is 35.5. The van der Waals surface area contributed by atoms with Crippen LogP contribution < -0.4 is 0 Å². The van der Waals surface area contributed by atoms with Gasteiger partial charge in [0.05, 0.1) is 10.6 Å². The van der Waals surface area contributed by atoms with E-state index in [4.69, 9.17) is 16.9 Å². The van der Waals surface area contributed by atoms with Crippen LogP contribution in [0, 0.1) is 25.2 Å². The lowest BCUT2D eigenvalue weighted by Crippen LogP contribution is -1.84.